The van der Waals surface area contributed by atoms with Crippen LogP contribution in [0.3, 0.4) is 0 Å². The molecule has 0 bridgehead atoms. The summed E-state index contributed by atoms with van der Waals surface area (Å²) in [5, 5.41) is 11.1. The van der Waals surface area contributed by atoms with Crippen LogP contribution < -0.4 is 5.32 Å². The minimum Gasteiger partial charge on any atom is -0.306 e. The van der Waals surface area contributed by atoms with E-state index in [2.05, 4.69) is 34.7 Å². The maximum atomic E-state index is 3.89. The highest BCUT2D eigenvalue weighted by atomic mass is 32.1. The van der Waals surface area contributed by atoms with Crippen molar-refractivity contribution in [2.45, 2.75) is 26.4 Å². The van der Waals surface area contributed by atoms with Gasteiger partial charge in [0.25, 0.3) is 0 Å². The number of nitrogens with zero attached hydrogens (tertiary/aromatic N) is 3. The van der Waals surface area contributed by atoms with Gasteiger partial charge in [0.15, 0.2) is 0 Å². The molecule has 0 unspecified atom stereocenters. The van der Waals surface area contributed by atoms with Gasteiger partial charge in [-0.2, -0.15) is 0 Å². The summed E-state index contributed by atoms with van der Waals surface area (Å²) in [7, 11) is 1.91. The van der Waals surface area contributed by atoms with E-state index in [9.17, 15) is 0 Å². The quantitative estimate of drug-likeness (QED) is 0.859. The molecule has 0 aromatic carbocycles. The smallest absolute Gasteiger partial charge is 0.0738 e. The van der Waals surface area contributed by atoms with Crippen molar-refractivity contribution in [1.29, 1.82) is 0 Å². The molecule has 2 heterocycles. The van der Waals surface area contributed by atoms with Crippen molar-refractivity contribution in [1.82, 2.24) is 20.3 Å². The number of rotatable bonds is 5. The van der Waals surface area contributed by atoms with Gasteiger partial charge < -0.3 is 5.32 Å². The molecule has 0 aliphatic rings. The zero-order valence-corrected chi connectivity index (χ0v) is 10.4. The Morgan fingerprint density at radius 1 is 1.31 bits per heavy atom. The molecule has 0 saturated heterocycles. The summed E-state index contributed by atoms with van der Waals surface area (Å²) >= 11 is 1.87. The van der Waals surface area contributed by atoms with Crippen LogP contribution in [0.5, 0.6) is 0 Å². The summed E-state index contributed by atoms with van der Waals surface area (Å²) in [6.45, 7) is 3.91. The van der Waals surface area contributed by atoms with Crippen LogP contribution in [0, 0.1) is 0 Å². The van der Waals surface area contributed by atoms with Crippen molar-refractivity contribution < 1.29 is 0 Å². The first-order chi connectivity index (χ1) is 7.79. The van der Waals surface area contributed by atoms with E-state index in [1.807, 2.05) is 18.4 Å². The molecule has 0 saturated carbocycles. The largest absolute Gasteiger partial charge is 0.306 e. The van der Waals surface area contributed by atoms with Crippen molar-refractivity contribution in [3.63, 3.8) is 0 Å². The van der Waals surface area contributed by atoms with Gasteiger partial charge >= 0.3 is 0 Å². The normalized spacial score (nSPS) is 10.9. The Labute approximate surface area is 99.3 Å². The summed E-state index contributed by atoms with van der Waals surface area (Å²) in [4.78, 5) is 2.82. The molecule has 2 aromatic rings. The van der Waals surface area contributed by atoms with Crippen LogP contribution in [-0.2, 0) is 26.6 Å². The lowest BCUT2D eigenvalue weighted by molar-refractivity contribution is 0.619. The first-order valence-electron chi connectivity index (χ1n) is 5.41. The standard InChI is InChI=1S/C11H16N4S/c1-3-10-4-5-11(16-10)8-12-6-9-7-13-14-15(9)2/h4-5,7,12H,3,6,8H2,1-2H3. The van der Waals surface area contributed by atoms with Crippen LogP contribution in [0.2, 0.25) is 0 Å². The predicted octanol–water partition coefficient (Wildman–Crippen LogP) is 1.73. The van der Waals surface area contributed by atoms with Crippen LogP contribution >= 0.6 is 11.3 Å². The summed E-state index contributed by atoms with van der Waals surface area (Å²) in [6.07, 6.45) is 2.91. The Balaban J connectivity index is 1.82. The predicted molar refractivity (Wildman–Crippen MR) is 65.2 cm³/mol. The molecule has 16 heavy (non-hydrogen) atoms. The second kappa shape index (κ2) is 5.23. The maximum Gasteiger partial charge on any atom is 0.0738 e. The van der Waals surface area contributed by atoms with Crippen molar-refractivity contribution in [2.75, 3.05) is 0 Å². The van der Waals surface area contributed by atoms with E-state index in [1.165, 1.54) is 9.75 Å². The summed E-state index contributed by atoms with van der Waals surface area (Å²) < 4.78 is 1.79. The number of aromatic nitrogens is 3. The van der Waals surface area contributed by atoms with E-state index in [-0.39, 0.29) is 0 Å². The van der Waals surface area contributed by atoms with Crippen LogP contribution in [0.25, 0.3) is 0 Å². The third-order valence-corrected chi connectivity index (χ3v) is 3.71. The van der Waals surface area contributed by atoms with Gasteiger partial charge in [0.05, 0.1) is 11.9 Å². The highest BCUT2D eigenvalue weighted by molar-refractivity contribution is 7.11. The average molecular weight is 236 g/mol. The molecule has 0 spiro atoms. The summed E-state index contributed by atoms with van der Waals surface area (Å²) in [5.41, 5.74) is 1.10. The number of hydrogen-bond acceptors (Lipinski definition) is 4. The molecule has 0 fully saturated rings. The van der Waals surface area contributed by atoms with E-state index in [4.69, 9.17) is 0 Å². The third kappa shape index (κ3) is 2.68. The molecule has 0 aliphatic heterocycles. The summed E-state index contributed by atoms with van der Waals surface area (Å²) in [5.74, 6) is 0. The van der Waals surface area contributed by atoms with Crippen molar-refractivity contribution in [3.8, 4) is 0 Å². The Morgan fingerprint density at radius 3 is 2.75 bits per heavy atom. The molecule has 2 aromatic heterocycles. The zero-order valence-electron chi connectivity index (χ0n) is 9.60. The second-order valence-electron chi connectivity index (χ2n) is 3.67. The SMILES string of the molecule is CCc1ccc(CNCc2cnnn2C)s1. The van der Waals surface area contributed by atoms with Crippen LogP contribution in [0.4, 0.5) is 0 Å². The number of aryl methyl sites for hydroxylation is 2. The minimum atomic E-state index is 0.808. The zero-order chi connectivity index (χ0) is 11.4. The molecule has 4 nitrogen and oxygen atoms in total. The molecule has 86 valence electrons. The average Bonchev–Trinajstić information content (AvgIpc) is 2.89. The van der Waals surface area contributed by atoms with E-state index in [0.717, 1.165) is 25.2 Å². The van der Waals surface area contributed by atoms with E-state index in [1.54, 1.807) is 10.9 Å². The van der Waals surface area contributed by atoms with Crippen LogP contribution in [0.15, 0.2) is 18.3 Å². The first kappa shape index (κ1) is 11.3. The number of nitrogens with one attached hydrogen (secondary N) is 1. The van der Waals surface area contributed by atoms with Crippen molar-refractivity contribution in [3.05, 3.63) is 33.8 Å². The van der Waals surface area contributed by atoms with E-state index >= 15 is 0 Å². The molecule has 1 N–H and O–H groups in total. The van der Waals surface area contributed by atoms with Crippen LogP contribution in [0.1, 0.15) is 22.4 Å². The third-order valence-electron chi connectivity index (χ3n) is 2.48. The van der Waals surface area contributed by atoms with Gasteiger partial charge in [0.1, 0.15) is 0 Å². The Hall–Kier alpha value is -1.20. The van der Waals surface area contributed by atoms with Crippen molar-refractivity contribution in [2.24, 2.45) is 7.05 Å². The highest BCUT2D eigenvalue weighted by Crippen LogP contribution is 2.16. The number of hydrogen-bond donors (Lipinski definition) is 1. The van der Waals surface area contributed by atoms with Gasteiger partial charge in [-0.1, -0.05) is 12.1 Å². The first-order valence-corrected chi connectivity index (χ1v) is 6.23. The van der Waals surface area contributed by atoms with Gasteiger partial charge in [-0.3, -0.25) is 4.68 Å². The Kier molecular flexibility index (Phi) is 3.69. The molecule has 0 aliphatic carbocycles. The lowest BCUT2D eigenvalue weighted by Crippen LogP contribution is -2.14. The van der Waals surface area contributed by atoms with Gasteiger partial charge in [-0.05, 0) is 18.6 Å². The van der Waals surface area contributed by atoms with Gasteiger partial charge in [-0.15, -0.1) is 16.4 Å². The van der Waals surface area contributed by atoms with Gasteiger partial charge in [0.2, 0.25) is 0 Å². The Morgan fingerprint density at radius 2 is 2.12 bits per heavy atom. The fourth-order valence-electron chi connectivity index (χ4n) is 1.49. The van der Waals surface area contributed by atoms with Crippen LogP contribution in [-0.4, -0.2) is 15.0 Å². The monoisotopic (exact) mass is 236 g/mol. The molecular formula is C11H16N4S. The van der Waals surface area contributed by atoms with Gasteiger partial charge in [-0.25, -0.2) is 0 Å². The van der Waals surface area contributed by atoms with E-state index in [0.29, 0.717) is 0 Å². The maximum absolute atomic E-state index is 3.89. The molecule has 0 atom stereocenters. The molecule has 5 heteroatoms. The van der Waals surface area contributed by atoms with E-state index < -0.39 is 0 Å². The molecule has 2 rings (SSSR count). The topological polar surface area (TPSA) is 42.7 Å². The molecule has 0 amide bonds. The van der Waals surface area contributed by atoms with Crippen molar-refractivity contribution >= 4 is 11.3 Å². The summed E-state index contributed by atoms with van der Waals surface area (Å²) in [6, 6.07) is 4.39. The number of thiophene rings is 1. The lowest BCUT2D eigenvalue weighted by Gasteiger charge is -2.02. The molecular weight excluding hydrogens is 220 g/mol. The fraction of sp³-hybridized carbons (Fsp3) is 0.455. The lowest BCUT2D eigenvalue weighted by atomic mass is 10.3. The Bertz CT molecular complexity index is 446. The minimum absolute atomic E-state index is 0.808. The fourth-order valence-corrected chi connectivity index (χ4v) is 2.42. The van der Waals surface area contributed by atoms with Gasteiger partial charge in [0, 0.05) is 29.9 Å². The molecule has 0 radical (unpaired) electrons. The second-order valence-corrected chi connectivity index (χ2v) is 4.93. The highest BCUT2D eigenvalue weighted by Gasteiger charge is 2.01.